The highest BCUT2D eigenvalue weighted by Crippen LogP contribution is 2.19. The van der Waals surface area contributed by atoms with Gasteiger partial charge in [0, 0.05) is 18.9 Å². The minimum Gasteiger partial charge on any atom is -0.398 e. The van der Waals surface area contributed by atoms with Crippen LogP contribution in [0.5, 0.6) is 0 Å². The summed E-state index contributed by atoms with van der Waals surface area (Å²) in [6.07, 6.45) is 5.99. The zero-order valence-corrected chi connectivity index (χ0v) is 18.7. The Kier molecular flexibility index (Phi) is 11.1. The summed E-state index contributed by atoms with van der Waals surface area (Å²) in [5.41, 5.74) is 0.275. The van der Waals surface area contributed by atoms with Crippen LogP contribution in [0.25, 0.3) is 0 Å². The molecule has 0 saturated heterocycles. The SMILES string of the molecule is CCCCN(CCCC[Si](C)(OC)OC[SiH](C)C)C(C)(C)C. The van der Waals surface area contributed by atoms with E-state index in [2.05, 4.69) is 52.2 Å². The van der Waals surface area contributed by atoms with Crippen LogP contribution in [0.3, 0.4) is 0 Å². The van der Waals surface area contributed by atoms with Crippen molar-refractivity contribution in [2.75, 3.05) is 26.4 Å². The number of hydrogen-bond acceptors (Lipinski definition) is 3. The molecule has 1 unspecified atom stereocenters. The van der Waals surface area contributed by atoms with Crippen molar-refractivity contribution in [3.05, 3.63) is 0 Å². The van der Waals surface area contributed by atoms with Gasteiger partial charge in [-0.3, -0.25) is 4.90 Å². The first-order chi connectivity index (χ1) is 10.1. The van der Waals surface area contributed by atoms with Gasteiger partial charge in [-0.25, -0.2) is 0 Å². The summed E-state index contributed by atoms with van der Waals surface area (Å²) in [5, 5.41) is 0. The highest BCUT2D eigenvalue weighted by atomic mass is 28.4. The van der Waals surface area contributed by atoms with E-state index in [9.17, 15) is 0 Å². The Morgan fingerprint density at radius 1 is 1.05 bits per heavy atom. The lowest BCUT2D eigenvalue weighted by Gasteiger charge is -2.36. The molecule has 0 N–H and O–H groups in total. The van der Waals surface area contributed by atoms with Crippen LogP contribution in [0, 0.1) is 0 Å². The van der Waals surface area contributed by atoms with E-state index in [0.29, 0.717) is 0 Å². The first-order valence-corrected chi connectivity index (χ1v) is 14.7. The third kappa shape index (κ3) is 10.2. The van der Waals surface area contributed by atoms with Crippen LogP contribution >= 0.6 is 0 Å². The zero-order valence-electron chi connectivity index (χ0n) is 16.5. The highest BCUT2D eigenvalue weighted by Gasteiger charge is 2.30. The van der Waals surface area contributed by atoms with Crippen molar-refractivity contribution in [3.63, 3.8) is 0 Å². The fourth-order valence-corrected chi connectivity index (χ4v) is 6.56. The fourth-order valence-electron chi connectivity index (χ4n) is 2.46. The third-order valence-electron chi connectivity index (χ3n) is 4.19. The van der Waals surface area contributed by atoms with Gasteiger partial charge in [-0.2, -0.15) is 0 Å². The van der Waals surface area contributed by atoms with Crippen LogP contribution in [0.2, 0.25) is 25.7 Å². The molecule has 0 fully saturated rings. The minimum atomic E-state index is -1.91. The maximum absolute atomic E-state index is 6.14. The fraction of sp³-hybridized carbons (Fsp3) is 1.00. The Morgan fingerprint density at radius 2 is 1.64 bits per heavy atom. The number of nitrogens with zero attached hydrogens (tertiary/aromatic N) is 1. The summed E-state index contributed by atoms with van der Waals surface area (Å²) in [5.74, 6) is 0. The van der Waals surface area contributed by atoms with Crippen molar-refractivity contribution < 1.29 is 8.85 Å². The molecule has 0 aromatic heterocycles. The van der Waals surface area contributed by atoms with Crippen molar-refractivity contribution in [2.24, 2.45) is 0 Å². The lowest BCUT2D eigenvalue weighted by atomic mass is 10.0. The second-order valence-corrected chi connectivity index (χ2v) is 14.6. The molecule has 0 aliphatic rings. The Hall–Kier alpha value is 0.314. The van der Waals surface area contributed by atoms with Gasteiger partial charge in [0.1, 0.15) is 0 Å². The molecule has 0 aromatic rings. The zero-order chi connectivity index (χ0) is 17.2. The average Bonchev–Trinajstić information content (AvgIpc) is 2.43. The van der Waals surface area contributed by atoms with Crippen LogP contribution in [-0.4, -0.2) is 54.2 Å². The van der Waals surface area contributed by atoms with Gasteiger partial charge in [0.25, 0.3) is 0 Å². The molecule has 0 aliphatic heterocycles. The molecule has 22 heavy (non-hydrogen) atoms. The van der Waals surface area contributed by atoms with E-state index in [0.717, 1.165) is 12.3 Å². The van der Waals surface area contributed by atoms with Crippen molar-refractivity contribution in [2.45, 2.75) is 84.6 Å². The molecule has 0 rings (SSSR count). The molecule has 0 bridgehead atoms. The van der Waals surface area contributed by atoms with Crippen molar-refractivity contribution >= 4 is 17.4 Å². The molecule has 1 atom stereocenters. The standard InChI is InChI=1S/C17H41NO2Si2/c1-9-10-13-18(17(2,3)4)14-11-12-15-22(8,19-5)20-16-21(6)7/h21H,9-16H2,1-8H3. The highest BCUT2D eigenvalue weighted by molar-refractivity contribution is 6.67. The molecule has 0 aromatic carbocycles. The molecule has 134 valence electrons. The summed E-state index contributed by atoms with van der Waals surface area (Å²) in [6, 6.07) is 1.12. The molecular formula is C17H41NO2Si2. The average molecular weight is 348 g/mol. The molecule has 5 heteroatoms. The smallest absolute Gasteiger partial charge is 0.334 e. The van der Waals surface area contributed by atoms with Crippen LogP contribution in [0.1, 0.15) is 53.4 Å². The minimum absolute atomic E-state index is 0.275. The Bertz CT molecular complexity index is 282. The van der Waals surface area contributed by atoms with Crippen molar-refractivity contribution in [1.82, 2.24) is 4.90 Å². The number of unbranched alkanes of at least 4 members (excludes halogenated alkanes) is 2. The second-order valence-electron chi connectivity index (χ2n) is 8.01. The Labute approximate surface area is 142 Å². The number of rotatable bonds is 12. The second kappa shape index (κ2) is 11.0. The maximum Gasteiger partial charge on any atom is 0.334 e. The lowest BCUT2D eigenvalue weighted by Crippen LogP contribution is -2.43. The predicted molar refractivity (Wildman–Crippen MR) is 104 cm³/mol. The molecule has 0 amide bonds. The van der Waals surface area contributed by atoms with Gasteiger partial charge in [0.15, 0.2) is 0 Å². The van der Waals surface area contributed by atoms with Gasteiger partial charge in [-0.1, -0.05) is 32.9 Å². The van der Waals surface area contributed by atoms with Gasteiger partial charge in [0.2, 0.25) is 0 Å². The van der Waals surface area contributed by atoms with Crippen LogP contribution in [0.4, 0.5) is 0 Å². The van der Waals surface area contributed by atoms with Gasteiger partial charge in [-0.15, -0.1) is 0 Å². The molecule has 0 radical (unpaired) electrons. The van der Waals surface area contributed by atoms with E-state index >= 15 is 0 Å². The monoisotopic (exact) mass is 347 g/mol. The summed E-state index contributed by atoms with van der Waals surface area (Å²) in [4.78, 5) is 2.63. The Morgan fingerprint density at radius 3 is 2.09 bits per heavy atom. The molecule has 3 nitrogen and oxygen atoms in total. The topological polar surface area (TPSA) is 21.7 Å². The molecule has 0 spiro atoms. The quantitative estimate of drug-likeness (QED) is 0.385. The van der Waals surface area contributed by atoms with Crippen LogP contribution in [-0.2, 0) is 8.85 Å². The van der Waals surface area contributed by atoms with E-state index in [1.807, 2.05) is 7.11 Å². The Balaban J connectivity index is 4.18. The number of hydrogen-bond donors (Lipinski definition) is 0. The largest absolute Gasteiger partial charge is 0.398 e. The first kappa shape index (κ1) is 22.3. The maximum atomic E-state index is 6.14. The molecule has 0 aliphatic carbocycles. The van der Waals surface area contributed by atoms with Crippen LogP contribution < -0.4 is 0 Å². The summed E-state index contributed by atoms with van der Waals surface area (Å²) >= 11 is 0. The summed E-state index contributed by atoms with van der Waals surface area (Å²) in [7, 11) is -0.736. The van der Waals surface area contributed by atoms with E-state index in [1.54, 1.807) is 0 Å². The van der Waals surface area contributed by atoms with E-state index in [4.69, 9.17) is 8.85 Å². The molecule has 0 heterocycles. The third-order valence-corrected chi connectivity index (χ3v) is 8.26. The van der Waals surface area contributed by atoms with Gasteiger partial charge < -0.3 is 8.85 Å². The summed E-state index contributed by atoms with van der Waals surface area (Å²) < 4.78 is 11.9. The molecule has 0 saturated carbocycles. The normalized spacial score (nSPS) is 15.5. The van der Waals surface area contributed by atoms with Gasteiger partial charge in [0.05, 0.1) is 8.80 Å². The predicted octanol–water partition coefficient (Wildman–Crippen LogP) is 4.43. The van der Waals surface area contributed by atoms with E-state index in [1.165, 1.54) is 38.8 Å². The van der Waals surface area contributed by atoms with E-state index in [-0.39, 0.29) is 5.54 Å². The van der Waals surface area contributed by atoms with Crippen molar-refractivity contribution in [3.8, 4) is 0 Å². The lowest BCUT2D eigenvalue weighted by molar-refractivity contribution is 0.131. The van der Waals surface area contributed by atoms with E-state index < -0.39 is 17.4 Å². The van der Waals surface area contributed by atoms with Crippen molar-refractivity contribution in [1.29, 1.82) is 0 Å². The molecular weight excluding hydrogens is 306 g/mol. The van der Waals surface area contributed by atoms with Gasteiger partial charge in [-0.05, 0) is 59.3 Å². The van der Waals surface area contributed by atoms with Crippen LogP contribution in [0.15, 0.2) is 0 Å². The first-order valence-electron chi connectivity index (χ1n) is 9.08. The summed E-state index contributed by atoms with van der Waals surface area (Å²) in [6.45, 7) is 18.5. The van der Waals surface area contributed by atoms with Gasteiger partial charge >= 0.3 is 8.56 Å².